The van der Waals surface area contributed by atoms with Crippen molar-refractivity contribution in [1.29, 1.82) is 0 Å². The van der Waals surface area contributed by atoms with Gasteiger partial charge in [-0.1, -0.05) is 57.0 Å². The first-order valence-corrected chi connectivity index (χ1v) is 13.6. The molecule has 2 N–H and O–H groups in total. The van der Waals surface area contributed by atoms with E-state index in [1.54, 1.807) is 7.11 Å². The van der Waals surface area contributed by atoms with E-state index in [0.717, 1.165) is 11.3 Å². The molecule has 6 heteroatoms. The smallest absolute Gasteiger partial charge is 0.674 e. The molecule has 0 aliphatic rings. The summed E-state index contributed by atoms with van der Waals surface area (Å²) in [6.45, 7) is 14.5. The molecule has 0 spiro atoms. The monoisotopic (exact) mass is 304 g/mol. The average Bonchev–Trinajstić information content (AvgIpc) is 2.25. The summed E-state index contributed by atoms with van der Waals surface area (Å²) in [5.41, 5.74) is 8.05. The third kappa shape index (κ3) is 13.0. The van der Waals surface area contributed by atoms with E-state index < -0.39 is 16.5 Å². The van der Waals surface area contributed by atoms with E-state index in [4.69, 9.17) is 10.5 Å². The van der Waals surface area contributed by atoms with Gasteiger partial charge in [-0.3, -0.25) is 0 Å². The van der Waals surface area contributed by atoms with Gasteiger partial charge in [-0.05, 0) is 12.1 Å². The summed E-state index contributed by atoms with van der Waals surface area (Å²) in [6, 6.07) is 7.52. The average molecular weight is 305 g/mol. The van der Waals surface area contributed by atoms with Gasteiger partial charge in [0.1, 0.15) is 22.2 Å². The Balaban J connectivity index is 0. The summed E-state index contributed by atoms with van der Waals surface area (Å²) < 4.78 is 8.69. The van der Waals surface area contributed by atoms with E-state index in [0.29, 0.717) is 6.54 Å². The molecule has 0 aliphatic heterocycles. The molecule has 0 aliphatic carbocycles. The Labute approximate surface area is 139 Å². The van der Waals surface area contributed by atoms with Crippen molar-refractivity contribution in [3.8, 4) is 5.75 Å². The maximum absolute atomic E-state index is 7.03. The van der Waals surface area contributed by atoms with Crippen LogP contribution in [0.5, 0.6) is 5.75 Å². The molecule has 0 heterocycles. The number of ether oxygens (including phenoxy) is 1. The van der Waals surface area contributed by atoms with Crippen molar-refractivity contribution < 1.29 is 23.6 Å². The minimum Gasteiger partial charge on any atom is -0.674 e. The summed E-state index contributed by atoms with van der Waals surface area (Å²) in [5, 5.41) is 0. The van der Waals surface area contributed by atoms with Crippen LogP contribution in [-0.2, 0) is 6.54 Å². The standard InChI is InChI=1S/C8H10NO.C6H19NSi2.Li/c1-10-8-4-2-7(6-9)3-5-8;1-8(2,3)7-9(4,5)6;/h2-5,9H,6H2,1H3;7H,1-6H3;/q-1;;+1. The second-order valence-corrected chi connectivity index (χ2v) is 16.6. The van der Waals surface area contributed by atoms with Crippen LogP contribution in [0.1, 0.15) is 5.56 Å². The molecule has 0 unspecified atom stereocenters. The summed E-state index contributed by atoms with van der Waals surface area (Å²) in [6.07, 6.45) is 0. The predicted octanol–water partition coefficient (Wildman–Crippen LogP) is 1.50. The van der Waals surface area contributed by atoms with Crippen molar-refractivity contribution >= 4 is 16.5 Å². The van der Waals surface area contributed by atoms with E-state index >= 15 is 0 Å². The Kier molecular flexibility index (Phi) is 10.9. The van der Waals surface area contributed by atoms with Crippen LogP contribution in [0.2, 0.25) is 39.3 Å². The zero-order chi connectivity index (χ0) is 15.1. The van der Waals surface area contributed by atoms with Crippen molar-refractivity contribution in [2.75, 3.05) is 7.11 Å². The quantitative estimate of drug-likeness (QED) is 0.857. The van der Waals surface area contributed by atoms with Crippen molar-refractivity contribution in [3.63, 3.8) is 0 Å². The Morgan fingerprint density at radius 3 is 1.55 bits per heavy atom. The number of benzene rings is 1. The maximum Gasteiger partial charge on any atom is 1.00 e. The fraction of sp³-hybridized carbons (Fsp3) is 0.571. The summed E-state index contributed by atoms with van der Waals surface area (Å²) in [5.74, 6) is 0.845. The zero-order valence-electron chi connectivity index (χ0n) is 14.4. The van der Waals surface area contributed by atoms with Crippen LogP contribution in [0.3, 0.4) is 0 Å². The molecule has 0 atom stereocenters. The maximum atomic E-state index is 7.03. The van der Waals surface area contributed by atoms with E-state index in [-0.39, 0.29) is 18.9 Å². The molecular weight excluding hydrogens is 275 g/mol. The first kappa shape index (κ1) is 22.3. The van der Waals surface area contributed by atoms with E-state index in [2.05, 4.69) is 43.9 Å². The van der Waals surface area contributed by atoms with Gasteiger partial charge in [0.15, 0.2) is 0 Å². The molecule has 0 saturated carbocycles. The molecule has 0 bridgehead atoms. The van der Waals surface area contributed by atoms with Crippen LogP contribution < -0.4 is 28.2 Å². The fourth-order valence-electron chi connectivity index (χ4n) is 1.87. The van der Waals surface area contributed by atoms with Crippen molar-refractivity contribution in [2.45, 2.75) is 45.8 Å². The van der Waals surface area contributed by atoms with Gasteiger partial charge in [0.2, 0.25) is 0 Å². The fourth-order valence-corrected chi connectivity index (χ4v) is 10.9. The summed E-state index contributed by atoms with van der Waals surface area (Å²) >= 11 is 0. The molecule has 0 radical (unpaired) electrons. The molecule has 0 fully saturated rings. The van der Waals surface area contributed by atoms with Crippen molar-refractivity contribution in [2.24, 2.45) is 0 Å². The van der Waals surface area contributed by atoms with Crippen LogP contribution in [0.25, 0.3) is 5.73 Å². The Hall–Kier alpha value is -0.0288. The first-order chi connectivity index (χ1) is 8.57. The van der Waals surface area contributed by atoms with Gasteiger partial charge in [-0.25, -0.2) is 0 Å². The van der Waals surface area contributed by atoms with E-state index in [9.17, 15) is 0 Å². The van der Waals surface area contributed by atoms with Crippen LogP contribution >= 0.6 is 0 Å². The third-order valence-electron chi connectivity index (χ3n) is 2.11. The summed E-state index contributed by atoms with van der Waals surface area (Å²) in [7, 11) is -0.327. The number of methoxy groups -OCH3 is 1. The number of hydrogen-bond acceptors (Lipinski definition) is 2. The Morgan fingerprint density at radius 2 is 1.35 bits per heavy atom. The van der Waals surface area contributed by atoms with Crippen molar-refractivity contribution in [1.82, 2.24) is 4.65 Å². The van der Waals surface area contributed by atoms with Gasteiger partial charge in [0.05, 0.1) is 7.11 Å². The molecule has 0 saturated heterocycles. The van der Waals surface area contributed by atoms with E-state index in [1.165, 1.54) is 0 Å². The zero-order valence-corrected chi connectivity index (χ0v) is 16.4. The molecule has 3 nitrogen and oxygen atoms in total. The van der Waals surface area contributed by atoms with Crippen LogP contribution in [0.4, 0.5) is 0 Å². The van der Waals surface area contributed by atoms with Gasteiger partial charge in [-0.2, -0.15) is 0 Å². The molecule has 110 valence electrons. The topological polar surface area (TPSA) is 45.1 Å². The molecule has 1 aromatic carbocycles. The molecule has 1 rings (SSSR count). The minimum absolute atomic E-state index is 0. The largest absolute Gasteiger partial charge is 1.00 e. The second kappa shape index (κ2) is 9.83. The molecular formula is C14H29LiN2OSi2. The van der Waals surface area contributed by atoms with Crippen molar-refractivity contribution in [3.05, 3.63) is 35.6 Å². The van der Waals surface area contributed by atoms with Crippen LogP contribution in [0, 0.1) is 0 Å². The number of rotatable bonds is 4. The normalized spacial score (nSPS) is 11.0. The molecule has 20 heavy (non-hydrogen) atoms. The summed E-state index contributed by atoms with van der Waals surface area (Å²) in [4.78, 5) is 0. The van der Waals surface area contributed by atoms with Gasteiger partial charge in [0.25, 0.3) is 0 Å². The molecule has 0 amide bonds. The van der Waals surface area contributed by atoms with Crippen LogP contribution in [0.15, 0.2) is 24.3 Å². The minimum atomic E-state index is -0.981. The van der Waals surface area contributed by atoms with Gasteiger partial charge >= 0.3 is 18.9 Å². The second-order valence-electron chi connectivity index (χ2n) is 6.65. The van der Waals surface area contributed by atoms with Gasteiger partial charge < -0.3 is 15.1 Å². The van der Waals surface area contributed by atoms with Crippen LogP contribution in [-0.4, -0.2) is 23.6 Å². The predicted molar refractivity (Wildman–Crippen MR) is 90.8 cm³/mol. The number of hydrogen-bond donors (Lipinski definition) is 1. The van der Waals surface area contributed by atoms with Gasteiger partial charge in [-0.15, -0.1) is 6.54 Å². The number of nitrogens with one attached hydrogen (secondary N) is 2. The first-order valence-electron chi connectivity index (χ1n) is 6.64. The van der Waals surface area contributed by atoms with Gasteiger partial charge in [0, 0.05) is 0 Å². The molecule has 1 aromatic rings. The SMILES string of the molecule is COc1ccc(C[NH-])cc1.C[Si](C)(C)N[Si](C)(C)C.[Li+]. The molecule has 0 aromatic heterocycles. The third-order valence-corrected chi connectivity index (χ3v) is 8.11. The Bertz CT molecular complexity index is 324. The van der Waals surface area contributed by atoms with E-state index in [1.807, 2.05) is 24.3 Å². The Morgan fingerprint density at radius 1 is 0.950 bits per heavy atom.